The average molecular weight is 348 g/mol. The van der Waals surface area contributed by atoms with Crippen molar-refractivity contribution in [1.29, 1.82) is 0 Å². The molecule has 1 saturated carbocycles. The second-order valence-electron chi connectivity index (χ2n) is 8.10. The molecule has 0 aromatic carbocycles. The first-order valence-corrected chi connectivity index (χ1v) is 8.97. The first-order chi connectivity index (χ1) is 11.6. The van der Waals surface area contributed by atoms with Gasteiger partial charge in [0, 0.05) is 29.7 Å². The lowest BCUT2D eigenvalue weighted by molar-refractivity contribution is -0.108. The van der Waals surface area contributed by atoms with Crippen LogP contribution in [0.3, 0.4) is 0 Å². The summed E-state index contributed by atoms with van der Waals surface area (Å²) in [7, 11) is 0. The Bertz CT molecular complexity index is 705. The van der Waals surface area contributed by atoms with Gasteiger partial charge in [0.2, 0.25) is 0 Å². The second kappa shape index (κ2) is 6.16. The topological polar surface area (TPSA) is 80.4 Å². The third kappa shape index (κ3) is 2.86. The highest BCUT2D eigenvalue weighted by Gasteiger charge is 2.59. The van der Waals surface area contributed by atoms with Gasteiger partial charge in [-0.3, -0.25) is 4.79 Å². The van der Waals surface area contributed by atoms with Gasteiger partial charge in [0.1, 0.15) is 5.69 Å². The lowest BCUT2D eigenvalue weighted by Crippen LogP contribution is -2.66. The van der Waals surface area contributed by atoms with Crippen LogP contribution in [0.5, 0.6) is 0 Å². The van der Waals surface area contributed by atoms with Gasteiger partial charge in [-0.1, -0.05) is 13.8 Å². The van der Waals surface area contributed by atoms with Crippen molar-refractivity contribution in [3.63, 3.8) is 0 Å². The standard InChI is InChI=1S/C19H28N2O4/c1-9(2)25-18(23)13-10(3)14(20-11(13)4)17(22)21-15-12-7-8-24-16(12)19(15,5)6/h9,12,15-16,20H,7-8H2,1-6H3,(H,21,22). The molecule has 25 heavy (non-hydrogen) atoms. The molecule has 2 heterocycles. The quantitative estimate of drug-likeness (QED) is 0.820. The Kier molecular flexibility index (Phi) is 4.43. The fourth-order valence-electron chi connectivity index (χ4n) is 4.39. The van der Waals surface area contributed by atoms with Gasteiger partial charge in [0.15, 0.2) is 0 Å². The molecule has 3 unspecified atom stereocenters. The van der Waals surface area contributed by atoms with Gasteiger partial charge in [-0.2, -0.15) is 0 Å². The maximum Gasteiger partial charge on any atom is 0.340 e. The van der Waals surface area contributed by atoms with E-state index in [9.17, 15) is 9.59 Å². The molecule has 138 valence electrons. The number of hydrogen-bond donors (Lipinski definition) is 2. The van der Waals surface area contributed by atoms with Crippen molar-refractivity contribution in [3.8, 4) is 0 Å². The lowest BCUT2D eigenvalue weighted by Gasteiger charge is -2.54. The van der Waals surface area contributed by atoms with Crippen LogP contribution < -0.4 is 5.32 Å². The molecule has 3 atom stereocenters. The Morgan fingerprint density at radius 2 is 2.00 bits per heavy atom. The third-order valence-corrected chi connectivity index (χ3v) is 5.60. The number of carbonyl (C=O) groups is 2. The summed E-state index contributed by atoms with van der Waals surface area (Å²) in [5.74, 6) is -0.193. The molecule has 6 nitrogen and oxygen atoms in total. The van der Waals surface area contributed by atoms with Gasteiger partial charge in [0.05, 0.1) is 17.8 Å². The van der Waals surface area contributed by atoms with Crippen molar-refractivity contribution in [3.05, 3.63) is 22.5 Å². The zero-order chi connectivity index (χ0) is 18.5. The summed E-state index contributed by atoms with van der Waals surface area (Å²) in [4.78, 5) is 28.2. The summed E-state index contributed by atoms with van der Waals surface area (Å²) in [6, 6.07) is 0.0848. The van der Waals surface area contributed by atoms with Crippen molar-refractivity contribution in [2.24, 2.45) is 11.3 Å². The molecule has 0 bridgehead atoms. The zero-order valence-corrected chi connectivity index (χ0v) is 15.9. The lowest BCUT2D eigenvalue weighted by atomic mass is 9.57. The van der Waals surface area contributed by atoms with Gasteiger partial charge in [-0.05, 0) is 39.7 Å². The van der Waals surface area contributed by atoms with Crippen molar-refractivity contribution in [2.45, 2.75) is 66.2 Å². The molecule has 3 rings (SSSR count). The molecule has 2 fully saturated rings. The van der Waals surface area contributed by atoms with Gasteiger partial charge in [-0.15, -0.1) is 0 Å². The molecule has 1 aromatic rings. The highest BCUT2D eigenvalue weighted by molar-refractivity contribution is 6.00. The van der Waals surface area contributed by atoms with Gasteiger partial charge < -0.3 is 19.8 Å². The second-order valence-corrected chi connectivity index (χ2v) is 8.10. The summed E-state index contributed by atoms with van der Waals surface area (Å²) >= 11 is 0. The van der Waals surface area contributed by atoms with Gasteiger partial charge in [0.25, 0.3) is 5.91 Å². The Balaban J connectivity index is 1.78. The molecule has 1 aromatic heterocycles. The van der Waals surface area contributed by atoms with Crippen LogP contribution in [0.15, 0.2) is 0 Å². The van der Waals surface area contributed by atoms with E-state index in [1.54, 1.807) is 13.8 Å². The van der Waals surface area contributed by atoms with E-state index < -0.39 is 5.97 Å². The number of aryl methyl sites for hydroxylation is 1. The number of nitrogens with one attached hydrogen (secondary N) is 2. The molecule has 6 heteroatoms. The zero-order valence-electron chi connectivity index (χ0n) is 15.9. The molecule has 1 amide bonds. The predicted molar refractivity (Wildman–Crippen MR) is 93.7 cm³/mol. The van der Waals surface area contributed by atoms with Crippen molar-refractivity contribution in [1.82, 2.24) is 10.3 Å². The van der Waals surface area contributed by atoms with Crippen LogP contribution in [0.2, 0.25) is 0 Å². The summed E-state index contributed by atoms with van der Waals surface area (Å²) in [5.41, 5.74) is 2.10. The van der Waals surface area contributed by atoms with E-state index in [1.807, 2.05) is 13.8 Å². The van der Waals surface area contributed by atoms with E-state index >= 15 is 0 Å². The highest BCUT2D eigenvalue weighted by Crippen LogP contribution is 2.52. The summed E-state index contributed by atoms with van der Waals surface area (Å²) in [6.45, 7) is 12.2. The van der Waals surface area contributed by atoms with Crippen LogP contribution >= 0.6 is 0 Å². The molecular formula is C19H28N2O4. The maximum absolute atomic E-state index is 12.8. The molecular weight excluding hydrogens is 320 g/mol. The number of fused-ring (bicyclic) bond motifs is 1. The molecule has 2 aliphatic rings. The van der Waals surface area contributed by atoms with Crippen LogP contribution in [0, 0.1) is 25.2 Å². The van der Waals surface area contributed by atoms with Crippen LogP contribution in [0.1, 0.15) is 66.2 Å². The Morgan fingerprint density at radius 3 is 2.64 bits per heavy atom. The third-order valence-electron chi connectivity index (χ3n) is 5.60. The molecule has 1 aliphatic carbocycles. The normalized spacial score (nSPS) is 26.9. The SMILES string of the molecule is Cc1[nH]c(C(=O)NC2C3CCOC3C2(C)C)c(C)c1C(=O)OC(C)C. The number of esters is 1. The molecule has 1 aliphatic heterocycles. The number of H-pyrrole nitrogens is 1. The first-order valence-electron chi connectivity index (χ1n) is 8.97. The van der Waals surface area contributed by atoms with Crippen molar-refractivity contribution in [2.75, 3.05) is 6.61 Å². The summed E-state index contributed by atoms with van der Waals surface area (Å²) in [6.07, 6.45) is 1.00. The van der Waals surface area contributed by atoms with E-state index in [4.69, 9.17) is 9.47 Å². The molecule has 0 radical (unpaired) electrons. The van der Waals surface area contributed by atoms with E-state index in [1.165, 1.54) is 0 Å². The van der Waals surface area contributed by atoms with Crippen LogP contribution in [0.4, 0.5) is 0 Å². The summed E-state index contributed by atoms with van der Waals surface area (Å²) in [5, 5.41) is 3.15. The minimum Gasteiger partial charge on any atom is -0.459 e. The van der Waals surface area contributed by atoms with E-state index in [-0.39, 0.29) is 29.6 Å². The fraction of sp³-hybridized carbons (Fsp3) is 0.684. The Morgan fingerprint density at radius 1 is 1.32 bits per heavy atom. The number of amides is 1. The Labute approximate surface area is 148 Å². The largest absolute Gasteiger partial charge is 0.459 e. The average Bonchev–Trinajstić information content (AvgIpc) is 3.07. The van der Waals surface area contributed by atoms with Crippen LogP contribution in [-0.4, -0.2) is 41.7 Å². The molecule has 0 spiro atoms. The number of hydrogen-bond acceptors (Lipinski definition) is 4. The number of rotatable bonds is 4. The van der Waals surface area contributed by atoms with Gasteiger partial charge >= 0.3 is 5.97 Å². The predicted octanol–water partition coefficient (Wildman–Crippen LogP) is 2.74. The van der Waals surface area contributed by atoms with E-state index in [2.05, 4.69) is 24.1 Å². The Hall–Kier alpha value is -1.82. The minimum absolute atomic E-state index is 0.0776. The van der Waals surface area contributed by atoms with Crippen molar-refractivity contribution < 1.29 is 19.1 Å². The summed E-state index contributed by atoms with van der Waals surface area (Å²) < 4.78 is 11.1. The van der Waals surface area contributed by atoms with Gasteiger partial charge in [-0.25, -0.2) is 4.79 Å². The van der Waals surface area contributed by atoms with E-state index in [0.29, 0.717) is 28.4 Å². The smallest absolute Gasteiger partial charge is 0.340 e. The van der Waals surface area contributed by atoms with Crippen molar-refractivity contribution >= 4 is 11.9 Å². The number of carbonyl (C=O) groups excluding carboxylic acids is 2. The first kappa shape index (κ1) is 18.0. The fourth-order valence-corrected chi connectivity index (χ4v) is 4.39. The number of aromatic nitrogens is 1. The van der Waals surface area contributed by atoms with Crippen LogP contribution in [-0.2, 0) is 9.47 Å². The number of ether oxygens (including phenoxy) is 2. The minimum atomic E-state index is -0.395. The number of aromatic amines is 1. The monoisotopic (exact) mass is 348 g/mol. The van der Waals surface area contributed by atoms with Crippen LogP contribution in [0.25, 0.3) is 0 Å². The molecule has 2 N–H and O–H groups in total. The van der Waals surface area contributed by atoms with E-state index in [0.717, 1.165) is 13.0 Å². The maximum atomic E-state index is 12.8. The molecule has 1 saturated heterocycles. The highest BCUT2D eigenvalue weighted by atomic mass is 16.5.